The summed E-state index contributed by atoms with van der Waals surface area (Å²) < 4.78 is 23.5. The van der Waals surface area contributed by atoms with Crippen molar-refractivity contribution >= 4 is 25.8 Å². The molecule has 6 heteroatoms. The fourth-order valence-electron chi connectivity index (χ4n) is 2.21. The van der Waals surface area contributed by atoms with Gasteiger partial charge < -0.3 is 5.11 Å². The molecular formula is C12H16BrNO3S. The number of hydrogen-bond donors (Lipinski definition) is 1. The minimum Gasteiger partial charge on any atom is -0.506 e. The highest BCUT2D eigenvalue weighted by Gasteiger charge is 2.30. The van der Waals surface area contributed by atoms with Crippen LogP contribution in [0.25, 0.3) is 0 Å². The van der Waals surface area contributed by atoms with E-state index in [1.165, 1.54) is 0 Å². The highest BCUT2D eigenvalue weighted by Crippen LogP contribution is 2.29. The van der Waals surface area contributed by atoms with E-state index in [1.807, 2.05) is 24.1 Å². The highest BCUT2D eigenvalue weighted by atomic mass is 79.9. The van der Waals surface area contributed by atoms with Crippen LogP contribution in [-0.2, 0) is 16.4 Å². The van der Waals surface area contributed by atoms with Crippen LogP contribution in [-0.4, -0.2) is 43.0 Å². The number of rotatable bonds is 3. The standard InChI is InChI=1S/C12H16BrNO3S/c1-14(10-5-6-18(16,17)8-10)7-9-3-2-4-11(13)12(9)15/h2-4,10,15H,5-8H2,1H3. The third-order valence-electron chi connectivity index (χ3n) is 3.32. The number of para-hydroxylation sites is 1. The molecule has 18 heavy (non-hydrogen) atoms. The van der Waals surface area contributed by atoms with Gasteiger partial charge in [-0.3, -0.25) is 4.90 Å². The fraction of sp³-hybridized carbons (Fsp3) is 0.500. The first-order chi connectivity index (χ1) is 8.39. The first kappa shape index (κ1) is 13.8. The lowest BCUT2D eigenvalue weighted by Crippen LogP contribution is -2.32. The quantitative estimate of drug-likeness (QED) is 0.915. The molecular weight excluding hydrogens is 318 g/mol. The van der Waals surface area contributed by atoms with Gasteiger partial charge in [-0.05, 0) is 35.5 Å². The van der Waals surface area contributed by atoms with Gasteiger partial charge in [-0.1, -0.05) is 12.1 Å². The van der Waals surface area contributed by atoms with Gasteiger partial charge in [-0.15, -0.1) is 0 Å². The van der Waals surface area contributed by atoms with E-state index in [-0.39, 0.29) is 23.3 Å². The van der Waals surface area contributed by atoms with Gasteiger partial charge in [0, 0.05) is 18.2 Å². The molecule has 2 rings (SSSR count). The van der Waals surface area contributed by atoms with E-state index in [0.717, 1.165) is 5.56 Å². The van der Waals surface area contributed by atoms with Gasteiger partial charge in [0.05, 0.1) is 16.0 Å². The molecule has 1 heterocycles. The van der Waals surface area contributed by atoms with E-state index in [0.29, 0.717) is 17.4 Å². The molecule has 4 nitrogen and oxygen atoms in total. The van der Waals surface area contributed by atoms with E-state index in [2.05, 4.69) is 15.9 Å². The average molecular weight is 334 g/mol. The minimum atomic E-state index is -2.86. The Kier molecular flexibility index (Phi) is 3.99. The van der Waals surface area contributed by atoms with Gasteiger partial charge in [0.25, 0.3) is 0 Å². The molecule has 1 atom stereocenters. The van der Waals surface area contributed by atoms with Crippen molar-refractivity contribution in [3.63, 3.8) is 0 Å². The molecule has 0 aliphatic carbocycles. The van der Waals surface area contributed by atoms with Gasteiger partial charge in [-0.25, -0.2) is 8.42 Å². The van der Waals surface area contributed by atoms with Gasteiger partial charge >= 0.3 is 0 Å². The number of halogens is 1. The van der Waals surface area contributed by atoms with Crippen molar-refractivity contribution in [1.82, 2.24) is 4.90 Å². The van der Waals surface area contributed by atoms with Gasteiger partial charge in [0.15, 0.2) is 9.84 Å². The Bertz CT molecular complexity index is 544. The number of nitrogens with zero attached hydrogens (tertiary/aromatic N) is 1. The largest absolute Gasteiger partial charge is 0.506 e. The summed E-state index contributed by atoms with van der Waals surface area (Å²) in [6.07, 6.45) is 0.674. The SMILES string of the molecule is CN(Cc1cccc(Br)c1O)C1CCS(=O)(=O)C1. The van der Waals surface area contributed by atoms with Crippen LogP contribution in [0.5, 0.6) is 5.75 Å². The summed E-state index contributed by atoms with van der Waals surface area (Å²) >= 11 is 3.27. The van der Waals surface area contributed by atoms with Crippen molar-refractivity contribution in [2.45, 2.75) is 19.0 Å². The van der Waals surface area contributed by atoms with Crippen LogP contribution < -0.4 is 0 Å². The maximum Gasteiger partial charge on any atom is 0.151 e. The molecule has 1 aliphatic rings. The van der Waals surface area contributed by atoms with Crippen molar-refractivity contribution in [1.29, 1.82) is 0 Å². The van der Waals surface area contributed by atoms with Crippen LogP contribution in [0.15, 0.2) is 22.7 Å². The number of sulfone groups is 1. The molecule has 0 aromatic heterocycles. The number of hydrogen-bond acceptors (Lipinski definition) is 4. The van der Waals surface area contributed by atoms with E-state index in [9.17, 15) is 13.5 Å². The first-order valence-corrected chi connectivity index (χ1v) is 8.37. The molecule has 0 radical (unpaired) electrons. The molecule has 1 unspecified atom stereocenters. The molecule has 1 N–H and O–H groups in total. The summed E-state index contributed by atoms with van der Waals surface area (Å²) in [5, 5.41) is 9.90. The summed E-state index contributed by atoms with van der Waals surface area (Å²) in [5.74, 6) is 0.718. The normalized spacial score (nSPS) is 22.5. The summed E-state index contributed by atoms with van der Waals surface area (Å²) in [6, 6.07) is 5.53. The Morgan fingerprint density at radius 2 is 2.22 bits per heavy atom. The zero-order valence-corrected chi connectivity index (χ0v) is 12.5. The van der Waals surface area contributed by atoms with Crippen LogP contribution in [0.1, 0.15) is 12.0 Å². The molecule has 0 amide bonds. The Balaban J connectivity index is 2.08. The van der Waals surface area contributed by atoms with Gasteiger partial charge in [-0.2, -0.15) is 0 Å². The van der Waals surface area contributed by atoms with Crippen LogP contribution in [0.4, 0.5) is 0 Å². The number of benzene rings is 1. The molecule has 1 aromatic carbocycles. The topological polar surface area (TPSA) is 57.6 Å². The lowest BCUT2D eigenvalue weighted by Gasteiger charge is -2.23. The van der Waals surface area contributed by atoms with Crippen molar-refractivity contribution in [2.75, 3.05) is 18.6 Å². The lowest BCUT2D eigenvalue weighted by molar-refractivity contribution is 0.250. The summed E-state index contributed by atoms with van der Waals surface area (Å²) in [7, 11) is -0.970. The Morgan fingerprint density at radius 3 is 2.83 bits per heavy atom. The summed E-state index contributed by atoms with van der Waals surface area (Å²) in [4.78, 5) is 1.99. The lowest BCUT2D eigenvalue weighted by atomic mass is 10.1. The molecule has 0 spiro atoms. The fourth-order valence-corrected chi connectivity index (χ4v) is 4.42. The van der Waals surface area contributed by atoms with E-state index in [4.69, 9.17) is 0 Å². The van der Waals surface area contributed by atoms with Crippen LogP contribution >= 0.6 is 15.9 Å². The third-order valence-corrected chi connectivity index (χ3v) is 5.71. The van der Waals surface area contributed by atoms with Crippen molar-refractivity contribution < 1.29 is 13.5 Å². The molecule has 1 aromatic rings. The third kappa shape index (κ3) is 3.05. The maximum atomic E-state index is 11.4. The highest BCUT2D eigenvalue weighted by molar-refractivity contribution is 9.10. The van der Waals surface area contributed by atoms with E-state index >= 15 is 0 Å². The Hall–Kier alpha value is -0.590. The molecule has 100 valence electrons. The first-order valence-electron chi connectivity index (χ1n) is 5.76. The Labute approximate surface area is 116 Å². The number of aromatic hydroxyl groups is 1. The second kappa shape index (κ2) is 5.19. The van der Waals surface area contributed by atoms with Crippen molar-refractivity contribution in [2.24, 2.45) is 0 Å². The second-order valence-electron chi connectivity index (χ2n) is 4.72. The molecule has 1 saturated heterocycles. The predicted molar refractivity (Wildman–Crippen MR) is 74.3 cm³/mol. The molecule has 1 aliphatic heterocycles. The molecule has 1 fully saturated rings. The van der Waals surface area contributed by atoms with Gasteiger partial charge in [0.2, 0.25) is 0 Å². The van der Waals surface area contributed by atoms with Crippen molar-refractivity contribution in [3.8, 4) is 5.75 Å². The van der Waals surface area contributed by atoms with E-state index < -0.39 is 9.84 Å². The maximum absolute atomic E-state index is 11.4. The smallest absolute Gasteiger partial charge is 0.151 e. The zero-order valence-electron chi connectivity index (χ0n) is 10.1. The average Bonchev–Trinajstić information content (AvgIpc) is 2.65. The minimum absolute atomic E-state index is 0.0494. The molecule has 0 bridgehead atoms. The molecule has 0 saturated carbocycles. The number of phenols is 1. The summed E-state index contributed by atoms with van der Waals surface area (Å²) in [6.45, 7) is 0.547. The Morgan fingerprint density at radius 1 is 1.50 bits per heavy atom. The van der Waals surface area contributed by atoms with Gasteiger partial charge in [0.1, 0.15) is 5.75 Å². The van der Waals surface area contributed by atoms with Crippen LogP contribution in [0.3, 0.4) is 0 Å². The van der Waals surface area contributed by atoms with Crippen LogP contribution in [0, 0.1) is 0 Å². The van der Waals surface area contributed by atoms with Crippen molar-refractivity contribution in [3.05, 3.63) is 28.2 Å². The van der Waals surface area contributed by atoms with Crippen LogP contribution in [0.2, 0.25) is 0 Å². The predicted octanol–water partition coefficient (Wildman–Crippen LogP) is 1.77. The number of phenolic OH excluding ortho intramolecular Hbond substituents is 1. The van der Waals surface area contributed by atoms with E-state index in [1.54, 1.807) is 6.07 Å². The summed E-state index contributed by atoms with van der Waals surface area (Å²) in [5.41, 5.74) is 0.802. The zero-order chi connectivity index (χ0) is 13.3. The second-order valence-corrected chi connectivity index (χ2v) is 7.80. The monoisotopic (exact) mass is 333 g/mol.